The van der Waals surface area contributed by atoms with Crippen LogP contribution in [0.1, 0.15) is 40.6 Å². The zero-order chi connectivity index (χ0) is 19.4. The Balaban J connectivity index is 1.93. The normalized spacial score (nSPS) is 11.3. The van der Waals surface area contributed by atoms with E-state index in [0.29, 0.717) is 19.0 Å². The van der Waals surface area contributed by atoms with Crippen LogP contribution in [-0.4, -0.2) is 26.9 Å². The van der Waals surface area contributed by atoms with Crippen molar-refractivity contribution < 1.29 is 4.79 Å². The predicted molar refractivity (Wildman–Crippen MR) is 113 cm³/mol. The first-order valence-corrected chi connectivity index (χ1v) is 10.2. The third kappa shape index (κ3) is 4.48. The molecule has 0 atom stereocenters. The largest absolute Gasteiger partial charge is 0.330 e. The summed E-state index contributed by atoms with van der Waals surface area (Å²) in [5.41, 5.74) is 2.04. The molecule has 142 valence electrons. The van der Waals surface area contributed by atoms with E-state index in [4.69, 9.17) is 4.98 Å². The number of imidazole rings is 1. The van der Waals surface area contributed by atoms with Gasteiger partial charge in [-0.2, -0.15) is 0 Å². The molecule has 3 aromatic rings. The lowest BCUT2D eigenvalue weighted by Gasteiger charge is -2.23. The third-order valence-corrected chi connectivity index (χ3v) is 5.58. The minimum absolute atomic E-state index is 0.0889. The van der Waals surface area contributed by atoms with Crippen molar-refractivity contribution in [2.45, 2.75) is 40.3 Å². The van der Waals surface area contributed by atoms with E-state index in [9.17, 15) is 4.79 Å². The molecule has 0 fully saturated rings. The summed E-state index contributed by atoms with van der Waals surface area (Å²) in [4.78, 5) is 21.8. The number of fused-ring (bicyclic) bond motifs is 1. The fourth-order valence-corrected chi connectivity index (χ4v) is 3.96. The maximum atomic E-state index is 13.1. The first-order chi connectivity index (χ1) is 13.0. The van der Waals surface area contributed by atoms with Gasteiger partial charge in [-0.15, -0.1) is 17.9 Å². The van der Waals surface area contributed by atoms with Gasteiger partial charge in [0.2, 0.25) is 0 Å². The minimum atomic E-state index is 0.0889. The van der Waals surface area contributed by atoms with Crippen LogP contribution in [0.25, 0.3) is 11.0 Å². The second-order valence-corrected chi connectivity index (χ2v) is 8.52. The lowest BCUT2D eigenvalue weighted by atomic mass is 10.1. The number of aryl methyl sites for hydroxylation is 1. The van der Waals surface area contributed by atoms with Crippen LogP contribution in [-0.2, 0) is 13.1 Å². The van der Waals surface area contributed by atoms with Crippen LogP contribution < -0.4 is 0 Å². The van der Waals surface area contributed by atoms with Gasteiger partial charge in [-0.1, -0.05) is 32.1 Å². The Bertz CT molecular complexity index is 938. The molecule has 0 aliphatic carbocycles. The molecule has 3 rings (SSSR count). The Labute approximate surface area is 165 Å². The molecule has 2 heterocycles. The van der Waals surface area contributed by atoms with Crippen molar-refractivity contribution in [3.63, 3.8) is 0 Å². The number of carbonyl (C=O) groups is 1. The van der Waals surface area contributed by atoms with E-state index >= 15 is 0 Å². The molecule has 0 unspecified atom stereocenters. The van der Waals surface area contributed by atoms with Gasteiger partial charge >= 0.3 is 0 Å². The Kier molecular flexibility index (Phi) is 6.11. The molecular formula is C22H27N3OS. The van der Waals surface area contributed by atoms with Gasteiger partial charge in [0.15, 0.2) is 0 Å². The molecule has 0 radical (unpaired) electrons. The van der Waals surface area contributed by atoms with Crippen molar-refractivity contribution in [2.75, 3.05) is 6.54 Å². The van der Waals surface area contributed by atoms with E-state index in [1.165, 1.54) is 0 Å². The highest BCUT2D eigenvalue weighted by molar-refractivity contribution is 7.13. The molecule has 0 bridgehead atoms. The quantitative estimate of drug-likeness (QED) is 0.498. The van der Waals surface area contributed by atoms with Gasteiger partial charge in [0.1, 0.15) is 5.82 Å². The van der Waals surface area contributed by atoms with Crippen molar-refractivity contribution in [2.24, 2.45) is 5.92 Å². The molecule has 0 saturated heterocycles. The zero-order valence-corrected chi connectivity index (χ0v) is 17.1. The van der Waals surface area contributed by atoms with Crippen LogP contribution in [0, 0.1) is 12.8 Å². The molecule has 0 aliphatic heterocycles. The maximum absolute atomic E-state index is 13.1. The van der Waals surface area contributed by atoms with E-state index in [-0.39, 0.29) is 5.91 Å². The highest BCUT2D eigenvalue weighted by Crippen LogP contribution is 2.22. The molecule has 1 amide bonds. The number of thiophene rings is 1. The number of hydrogen-bond donors (Lipinski definition) is 0. The summed E-state index contributed by atoms with van der Waals surface area (Å²) >= 11 is 1.55. The summed E-state index contributed by atoms with van der Waals surface area (Å²) in [5.74, 6) is 1.53. The number of benzene rings is 1. The molecule has 0 spiro atoms. The lowest BCUT2D eigenvalue weighted by molar-refractivity contribution is 0.0734. The van der Waals surface area contributed by atoms with Gasteiger partial charge in [0.05, 0.1) is 22.5 Å². The van der Waals surface area contributed by atoms with Crippen LogP contribution in [0.2, 0.25) is 0 Å². The second kappa shape index (κ2) is 8.53. The number of amides is 1. The van der Waals surface area contributed by atoms with Gasteiger partial charge in [0.25, 0.3) is 5.91 Å². The predicted octanol–water partition coefficient (Wildman–Crippen LogP) is 5.28. The molecular weight excluding hydrogens is 354 g/mol. The highest BCUT2D eigenvalue weighted by Gasteiger charge is 2.21. The number of allylic oxidation sites excluding steroid dienone is 1. The van der Waals surface area contributed by atoms with Crippen LogP contribution in [0.15, 0.2) is 49.1 Å². The molecule has 27 heavy (non-hydrogen) atoms. The van der Waals surface area contributed by atoms with E-state index in [1.807, 2.05) is 48.2 Å². The van der Waals surface area contributed by atoms with Gasteiger partial charge in [0, 0.05) is 18.0 Å². The summed E-state index contributed by atoms with van der Waals surface area (Å²) < 4.78 is 2.15. The first kappa shape index (κ1) is 19.4. The Morgan fingerprint density at radius 1 is 1.30 bits per heavy atom. The van der Waals surface area contributed by atoms with E-state index in [1.54, 1.807) is 11.3 Å². The zero-order valence-electron chi connectivity index (χ0n) is 16.3. The average Bonchev–Trinajstić information content (AvgIpc) is 3.22. The minimum Gasteiger partial charge on any atom is -0.330 e. The van der Waals surface area contributed by atoms with Crippen LogP contribution in [0.3, 0.4) is 0 Å². The lowest BCUT2D eigenvalue weighted by Crippen LogP contribution is -2.32. The van der Waals surface area contributed by atoms with Crippen molar-refractivity contribution >= 4 is 28.3 Å². The standard InChI is InChI=1S/C22H27N3OS/c1-5-13-25-19-9-7-6-8-18(19)23-21(25)15-24(14-12-16(2)3)22(26)20-11-10-17(4)27-20/h5-11,16H,1,12-15H2,2-4H3. The molecule has 4 nitrogen and oxygen atoms in total. The van der Waals surface area contributed by atoms with Gasteiger partial charge in [-0.25, -0.2) is 4.98 Å². The van der Waals surface area contributed by atoms with E-state index in [2.05, 4.69) is 31.1 Å². The second-order valence-electron chi connectivity index (χ2n) is 7.24. The fraction of sp³-hybridized carbons (Fsp3) is 0.364. The number of carbonyl (C=O) groups excluding carboxylic acids is 1. The van der Waals surface area contributed by atoms with E-state index < -0.39 is 0 Å². The van der Waals surface area contributed by atoms with Crippen molar-refractivity contribution in [3.05, 3.63) is 64.6 Å². The monoisotopic (exact) mass is 381 g/mol. The van der Waals surface area contributed by atoms with Gasteiger partial charge < -0.3 is 9.47 Å². The summed E-state index contributed by atoms with van der Waals surface area (Å²) in [6, 6.07) is 12.0. The number of aromatic nitrogens is 2. The van der Waals surface area contributed by atoms with Gasteiger partial charge in [-0.05, 0) is 43.5 Å². The molecule has 2 aromatic heterocycles. The van der Waals surface area contributed by atoms with Crippen molar-refractivity contribution in [1.82, 2.24) is 14.5 Å². The average molecular weight is 382 g/mol. The van der Waals surface area contributed by atoms with E-state index in [0.717, 1.165) is 39.6 Å². The van der Waals surface area contributed by atoms with Crippen molar-refractivity contribution in [3.8, 4) is 0 Å². The summed E-state index contributed by atoms with van der Waals surface area (Å²) in [6.45, 7) is 12.2. The van der Waals surface area contributed by atoms with Crippen LogP contribution in [0.4, 0.5) is 0 Å². The Morgan fingerprint density at radius 2 is 2.07 bits per heavy atom. The fourth-order valence-electron chi connectivity index (χ4n) is 3.12. The maximum Gasteiger partial charge on any atom is 0.264 e. The van der Waals surface area contributed by atoms with Crippen LogP contribution >= 0.6 is 11.3 Å². The topological polar surface area (TPSA) is 38.1 Å². The molecule has 1 aromatic carbocycles. The van der Waals surface area contributed by atoms with Crippen LogP contribution in [0.5, 0.6) is 0 Å². The number of hydrogen-bond acceptors (Lipinski definition) is 3. The van der Waals surface area contributed by atoms with Crippen molar-refractivity contribution in [1.29, 1.82) is 0 Å². The first-order valence-electron chi connectivity index (χ1n) is 9.40. The summed E-state index contributed by atoms with van der Waals surface area (Å²) in [7, 11) is 0. The summed E-state index contributed by atoms with van der Waals surface area (Å²) in [5, 5.41) is 0. The Morgan fingerprint density at radius 3 is 2.74 bits per heavy atom. The summed E-state index contributed by atoms with van der Waals surface area (Å²) in [6.07, 6.45) is 2.85. The third-order valence-electron chi connectivity index (χ3n) is 4.59. The number of para-hydroxylation sites is 2. The number of rotatable bonds is 8. The number of nitrogens with zero attached hydrogens (tertiary/aromatic N) is 3. The SMILES string of the molecule is C=CCn1c(CN(CCC(C)C)C(=O)c2ccc(C)s2)nc2ccccc21. The molecule has 0 N–H and O–H groups in total. The molecule has 0 aliphatic rings. The molecule has 5 heteroatoms. The van der Waals surface area contributed by atoms with Gasteiger partial charge in [-0.3, -0.25) is 4.79 Å². The molecule has 0 saturated carbocycles. The Hall–Kier alpha value is -2.40. The smallest absolute Gasteiger partial charge is 0.264 e. The highest BCUT2D eigenvalue weighted by atomic mass is 32.1.